The third-order valence-electron chi connectivity index (χ3n) is 2.49. The van der Waals surface area contributed by atoms with Gasteiger partial charge in [-0.2, -0.15) is 13.2 Å². The number of ether oxygens (including phenoxy) is 2. The number of alkyl halides is 4. The zero-order valence-electron chi connectivity index (χ0n) is 11.6. The summed E-state index contributed by atoms with van der Waals surface area (Å²) in [5, 5.41) is 13.0. The maximum atomic E-state index is 12.2. The molecule has 1 rings (SSSR count). The first kappa shape index (κ1) is 18.1. The molecular formula is C12H14ClF3N2O4. The Morgan fingerprint density at radius 2 is 2.05 bits per heavy atom. The number of benzene rings is 1. The predicted molar refractivity (Wildman–Crippen MR) is 75.0 cm³/mol. The number of hydrogen-bond donors (Lipinski definition) is 1. The van der Waals surface area contributed by atoms with Crippen molar-refractivity contribution in [3.8, 4) is 11.5 Å². The number of nitro groups is 1. The number of nitrogens with one attached hydrogen (secondary N) is 1. The predicted octanol–water partition coefficient (Wildman–Crippen LogP) is 3.59. The van der Waals surface area contributed by atoms with Gasteiger partial charge in [0.05, 0.1) is 24.7 Å². The summed E-state index contributed by atoms with van der Waals surface area (Å²) in [7, 11) is 1.28. The monoisotopic (exact) mass is 342 g/mol. The molecule has 0 saturated heterocycles. The minimum absolute atomic E-state index is 0.0666. The molecule has 0 radical (unpaired) electrons. The summed E-state index contributed by atoms with van der Waals surface area (Å²) in [5.74, 6) is 0.497. The molecule has 1 N–H and O–H groups in total. The van der Waals surface area contributed by atoms with Gasteiger partial charge in [0, 0.05) is 11.9 Å². The molecule has 0 heterocycles. The summed E-state index contributed by atoms with van der Waals surface area (Å²) >= 11 is 5.50. The van der Waals surface area contributed by atoms with Gasteiger partial charge in [0.2, 0.25) is 0 Å². The Hall–Kier alpha value is -1.90. The molecule has 22 heavy (non-hydrogen) atoms. The fourth-order valence-corrected chi connectivity index (χ4v) is 1.66. The highest BCUT2D eigenvalue weighted by molar-refractivity contribution is 6.17. The van der Waals surface area contributed by atoms with Crippen LogP contribution in [0.3, 0.4) is 0 Å². The quantitative estimate of drug-likeness (QED) is 0.338. The van der Waals surface area contributed by atoms with Crippen molar-refractivity contribution in [3.63, 3.8) is 0 Å². The average molecular weight is 343 g/mol. The molecule has 10 heteroatoms. The molecule has 0 atom stereocenters. The largest absolute Gasteiger partial charge is 0.493 e. The van der Waals surface area contributed by atoms with Gasteiger partial charge in [-0.15, -0.1) is 11.6 Å². The standard InChI is InChI=1S/C12H14ClF3N2O4/c1-21-10-5-8(17-7-12(14,15)16)9(18(19)20)6-11(10)22-4-2-3-13/h5-6,17H,2-4,7H2,1H3. The van der Waals surface area contributed by atoms with Crippen LogP contribution in [0.2, 0.25) is 0 Å². The van der Waals surface area contributed by atoms with Gasteiger partial charge < -0.3 is 14.8 Å². The topological polar surface area (TPSA) is 73.6 Å². The van der Waals surface area contributed by atoms with Crippen LogP contribution < -0.4 is 14.8 Å². The van der Waals surface area contributed by atoms with E-state index in [0.29, 0.717) is 12.3 Å². The number of nitrogens with zero attached hydrogens (tertiary/aromatic N) is 1. The maximum Gasteiger partial charge on any atom is 0.405 e. The van der Waals surface area contributed by atoms with Gasteiger partial charge in [0.25, 0.3) is 5.69 Å². The molecule has 124 valence electrons. The van der Waals surface area contributed by atoms with Crippen LogP contribution in [-0.2, 0) is 0 Å². The fraction of sp³-hybridized carbons (Fsp3) is 0.500. The molecule has 1 aromatic rings. The van der Waals surface area contributed by atoms with Crippen molar-refractivity contribution < 1.29 is 27.6 Å². The summed E-state index contributed by atoms with van der Waals surface area (Å²) in [4.78, 5) is 10.2. The van der Waals surface area contributed by atoms with E-state index in [1.54, 1.807) is 0 Å². The number of rotatable bonds is 8. The first-order valence-corrected chi connectivity index (χ1v) is 6.67. The fourth-order valence-electron chi connectivity index (χ4n) is 1.55. The smallest absolute Gasteiger partial charge is 0.405 e. The molecule has 6 nitrogen and oxygen atoms in total. The van der Waals surface area contributed by atoms with E-state index in [1.165, 1.54) is 7.11 Å². The number of hydrogen-bond acceptors (Lipinski definition) is 5. The van der Waals surface area contributed by atoms with Crippen LogP contribution >= 0.6 is 11.6 Å². The molecule has 0 aliphatic rings. The Kier molecular flexibility index (Phi) is 6.54. The van der Waals surface area contributed by atoms with Crippen LogP contribution in [0, 0.1) is 10.1 Å². The third-order valence-corrected chi connectivity index (χ3v) is 2.76. The van der Waals surface area contributed by atoms with E-state index in [2.05, 4.69) is 0 Å². The second-order valence-corrected chi connectivity index (χ2v) is 4.52. The van der Waals surface area contributed by atoms with Gasteiger partial charge in [-0.05, 0) is 6.42 Å². The van der Waals surface area contributed by atoms with Crippen molar-refractivity contribution in [1.82, 2.24) is 0 Å². The van der Waals surface area contributed by atoms with Crippen molar-refractivity contribution in [3.05, 3.63) is 22.2 Å². The van der Waals surface area contributed by atoms with Crippen molar-refractivity contribution in [2.75, 3.05) is 31.5 Å². The molecule has 0 amide bonds. The lowest BCUT2D eigenvalue weighted by Gasteiger charge is -2.14. The highest BCUT2D eigenvalue weighted by Gasteiger charge is 2.29. The summed E-state index contributed by atoms with van der Waals surface area (Å²) in [6.07, 6.45) is -4.00. The third kappa shape index (κ3) is 5.47. The van der Waals surface area contributed by atoms with Gasteiger partial charge in [-0.3, -0.25) is 10.1 Å². The van der Waals surface area contributed by atoms with Crippen molar-refractivity contribution in [1.29, 1.82) is 0 Å². The molecule has 0 unspecified atom stereocenters. The van der Waals surface area contributed by atoms with Crippen LogP contribution in [0.15, 0.2) is 12.1 Å². The molecule has 0 aliphatic carbocycles. The maximum absolute atomic E-state index is 12.2. The Labute approximate surface area is 129 Å². The highest BCUT2D eigenvalue weighted by Crippen LogP contribution is 2.38. The van der Waals surface area contributed by atoms with E-state index in [-0.39, 0.29) is 23.8 Å². The summed E-state index contributed by atoms with van der Waals surface area (Å²) in [6.45, 7) is -1.20. The first-order chi connectivity index (χ1) is 10.3. The zero-order chi connectivity index (χ0) is 16.8. The number of anilines is 1. The lowest BCUT2D eigenvalue weighted by Crippen LogP contribution is -2.21. The van der Waals surface area contributed by atoms with Gasteiger partial charge in [-0.25, -0.2) is 0 Å². The van der Waals surface area contributed by atoms with Crippen LogP contribution in [0.5, 0.6) is 11.5 Å². The number of nitro benzene ring substituents is 1. The average Bonchev–Trinajstić information content (AvgIpc) is 2.44. The summed E-state index contributed by atoms with van der Waals surface area (Å²) in [5.41, 5.74) is -0.838. The number of methoxy groups -OCH3 is 1. The molecule has 0 spiro atoms. The first-order valence-electron chi connectivity index (χ1n) is 6.14. The van der Waals surface area contributed by atoms with Crippen LogP contribution in [0.25, 0.3) is 0 Å². The molecule has 0 aromatic heterocycles. The van der Waals surface area contributed by atoms with E-state index in [9.17, 15) is 23.3 Å². The molecule has 0 aliphatic heterocycles. The highest BCUT2D eigenvalue weighted by atomic mass is 35.5. The molecule has 0 saturated carbocycles. The van der Waals surface area contributed by atoms with Gasteiger partial charge >= 0.3 is 6.18 Å². The van der Waals surface area contributed by atoms with Crippen LogP contribution in [0.1, 0.15) is 6.42 Å². The second-order valence-electron chi connectivity index (χ2n) is 4.14. The van der Waals surface area contributed by atoms with Crippen molar-refractivity contribution in [2.45, 2.75) is 12.6 Å². The lowest BCUT2D eigenvalue weighted by atomic mass is 10.2. The lowest BCUT2D eigenvalue weighted by molar-refractivity contribution is -0.384. The second kappa shape index (κ2) is 7.92. The number of halogens is 4. The zero-order valence-corrected chi connectivity index (χ0v) is 12.3. The minimum atomic E-state index is -4.50. The molecule has 0 bridgehead atoms. The van der Waals surface area contributed by atoms with Crippen LogP contribution in [0.4, 0.5) is 24.5 Å². The van der Waals surface area contributed by atoms with Crippen molar-refractivity contribution in [2.24, 2.45) is 0 Å². The normalized spacial score (nSPS) is 11.1. The van der Waals surface area contributed by atoms with Crippen LogP contribution in [-0.4, -0.2) is 37.2 Å². The Morgan fingerprint density at radius 1 is 1.36 bits per heavy atom. The van der Waals surface area contributed by atoms with E-state index in [0.717, 1.165) is 12.1 Å². The molecule has 0 fully saturated rings. The summed E-state index contributed by atoms with van der Waals surface area (Å²) in [6, 6.07) is 2.12. The van der Waals surface area contributed by atoms with Gasteiger partial charge in [0.15, 0.2) is 11.5 Å². The Bertz CT molecular complexity index is 526. The SMILES string of the molecule is COc1cc(NCC(F)(F)F)c([N+](=O)[O-])cc1OCCCCl. The Balaban J connectivity index is 3.07. The van der Waals surface area contributed by atoms with Crippen molar-refractivity contribution >= 4 is 23.0 Å². The minimum Gasteiger partial charge on any atom is -0.493 e. The summed E-state index contributed by atoms with van der Waals surface area (Å²) < 4.78 is 47.0. The van der Waals surface area contributed by atoms with E-state index >= 15 is 0 Å². The van der Waals surface area contributed by atoms with Gasteiger partial charge in [0.1, 0.15) is 12.2 Å². The molecule has 1 aromatic carbocycles. The Morgan fingerprint density at radius 3 is 2.55 bits per heavy atom. The van der Waals surface area contributed by atoms with E-state index in [4.69, 9.17) is 21.1 Å². The van der Waals surface area contributed by atoms with Gasteiger partial charge in [-0.1, -0.05) is 0 Å². The van der Waals surface area contributed by atoms with E-state index < -0.39 is 23.3 Å². The van der Waals surface area contributed by atoms with E-state index in [1.807, 2.05) is 5.32 Å². The molecular weight excluding hydrogens is 329 g/mol.